The maximum atomic E-state index is 9.70. The molecule has 88 valence electrons. The predicted molar refractivity (Wildman–Crippen MR) is 70.6 cm³/mol. The van der Waals surface area contributed by atoms with Gasteiger partial charge < -0.3 is 15.7 Å². The van der Waals surface area contributed by atoms with Gasteiger partial charge in [-0.2, -0.15) is 0 Å². The van der Waals surface area contributed by atoms with E-state index in [1.54, 1.807) is 0 Å². The summed E-state index contributed by atoms with van der Waals surface area (Å²) in [6.07, 6.45) is 0.636. The summed E-state index contributed by atoms with van der Waals surface area (Å²) in [7, 11) is 0. The number of aliphatic hydroxyl groups excluding tert-OH is 1. The predicted octanol–water partition coefficient (Wildman–Crippen LogP) is 2.24. The Hall–Kier alpha value is -0.740. The summed E-state index contributed by atoms with van der Waals surface area (Å²) in [6.45, 7) is 3.80. The second-order valence-corrected chi connectivity index (χ2v) is 5.40. The first-order chi connectivity index (χ1) is 7.58. The van der Waals surface area contributed by atoms with Crippen molar-refractivity contribution in [1.82, 2.24) is 0 Å². The molecule has 1 aliphatic heterocycles. The molecule has 0 radical (unpaired) electrons. The van der Waals surface area contributed by atoms with E-state index in [0.717, 1.165) is 35.4 Å². The van der Waals surface area contributed by atoms with Crippen LogP contribution in [0.15, 0.2) is 22.7 Å². The van der Waals surface area contributed by atoms with Gasteiger partial charge in [0.1, 0.15) is 0 Å². The zero-order chi connectivity index (χ0) is 11.7. The van der Waals surface area contributed by atoms with E-state index in [-0.39, 0.29) is 6.10 Å². The molecule has 3 nitrogen and oxygen atoms in total. The summed E-state index contributed by atoms with van der Waals surface area (Å²) in [5.41, 5.74) is 7.84. The molecular weight excluding hydrogens is 268 g/mol. The molecule has 0 saturated carbocycles. The second kappa shape index (κ2) is 4.63. The average molecular weight is 285 g/mol. The van der Waals surface area contributed by atoms with Crippen LogP contribution < -0.4 is 10.6 Å². The minimum atomic E-state index is -0.176. The number of aliphatic hydroxyl groups is 1. The number of nitrogen functional groups attached to an aromatic ring is 1. The van der Waals surface area contributed by atoms with Gasteiger partial charge in [-0.05, 0) is 30.5 Å². The van der Waals surface area contributed by atoms with Crippen molar-refractivity contribution in [3.63, 3.8) is 0 Å². The Kier molecular flexibility index (Phi) is 3.40. The molecule has 1 aromatic rings. The van der Waals surface area contributed by atoms with Gasteiger partial charge in [-0.1, -0.05) is 22.9 Å². The number of piperidine rings is 1. The van der Waals surface area contributed by atoms with Gasteiger partial charge >= 0.3 is 0 Å². The van der Waals surface area contributed by atoms with Gasteiger partial charge in [-0.15, -0.1) is 0 Å². The fourth-order valence-electron chi connectivity index (χ4n) is 2.14. The minimum absolute atomic E-state index is 0.176. The monoisotopic (exact) mass is 284 g/mol. The molecule has 2 rings (SSSR count). The molecule has 3 N–H and O–H groups in total. The van der Waals surface area contributed by atoms with Crippen LogP contribution in [0.3, 0.4) is 0 Å². The standard InChI is InChI=1S/C12H17BrN2O/c1-8-7-15(5-4-12(8)16)11-6-9(13)2-3-10(11)14/h2-3,6,8,12,16H,4-5,7,14H2,1H3. The number of hydrogen-bond donors (Lipinski definition) is 2. The van der Waals surface area contributed by atoms with Crippen molar-refractivity contribution in [3.8, 4) is 0 Å². The van der Waals surface area contributed by atoms with E-state index < -0.39 is 0 Å². The summed E-state index contributed by atoms with van der Waals surface area (Å²) in [6, 6.07) is 5.90. The summed E-state index contributed by atoms with van der Waals surface area (Å²) < 4.78 is 1.04. The highest BCUT2D eigenvalue weighted by atomic mass is 79.9. The maximum absolute atomic E-state index is 9.70. The van der Waals surface area contributed by atoms with Crippen LogP contribution in [0.2, 0.25) is 0 Å². The van der Waals surface area contributed by atoms with Crippen molar-refractivity contribution in [3.05, 3.63) is 22.7 Å². The van der Waals surface area contributed by atoms with Crippen molar-refractivity contribution < 1.29 is 5.11 Å². The highest BCUT2D eigenvalue weighted by molar-refractivity contribution is 9.10. The Labute approximate surface area is 104 Å². The van der Waals surface area contributed by atoms with Crippen LogP contribution in [0.1, 0.15) is 13.3 Å². The summed E-state index contributed by atoms with van der Waals surface area (Å²) >= 11 is 3.46. The molecule has 1 saturated heterocycles. The number of nitrogens with two attached hydrogens (primary N) is 1. The second-order valence-electron chi connectivity index (χ2n) is 4.48. The highest BCUT2D eigenvalue weighted by Gasteiger charge is 2.25. The Morgan fingerprint density at radius 1 is 1.50 bits per heavy atom. The zero-order valence-corrected chi connectivity index (χ0v) is 10.9. The first-order valence-corrected chi connectivity index (χ1v) is 6.35. The first kappa shape index (κ1) is 11.7. The molecule has 4 heteroatoms. The van der Waals surface area contributed by atoms with Gasteiger partial charge in [0.05, 0.1) is 17.5 Å². The van der Waals surface area contributed by atoms with Crippen LogP contribution in [0.25, 0.3) is 0 Å². The van der Waals surface area contributed by atoms with E-state index in [0.29, 0.717) is 5.92 Å². The van der Waals surface area contributed by atoms with Crippen molar-refractivity contribution in [2.24, 2.45) is 5.92 Å². The minimum Gasteiger partial charge on any atom is -0.397 e. The quantitative estimate of drug-likeness (QED) is 0.778. The molecule has 0 amide bonds. The van der Waals surface area contributed by atoms with Crippen LogP contribution in [0.5, 0.6) is 0 Å². The van der Waals surface area contributed by atoms with Crippen LogP contribution >= 0.6 is 15.9 Å². The van der Waals surface area contributed by atoms with Crippen LogP contribution in [-0.2, 0) is 0 Å². The molecule has 0 aliphatic carbocycles. The lowest BCUT2D eigenvalue weighted by atomic mass is 9.96. The lowest BCUT2D eigenvalue weighted by Gasteiger charge is -2.36. The van der Waals surface area contributed by atoms with Gasteiger partial charge in [0, 0.05) is 17.6 Å². The van der Waals surface area contributed by atoms with Crippen molar-refractivity contribution in [2.45, 2.75) is 19.4 Å². The smallest absolute Gasteiger partial charge is 0.0611 e. The van der Waals surface area contributed by atoms with Crippen molar-refractivity contribution >= 4 is 27.3 Å². The van der Waals surface area contributed by atoms with E-state index in [9.17, 15) is 5.11 Å². The molecule has 1 aliphatic rings. The third kappa shape index (κ3) is 2.33. The lowest BCUT2D eigenvalue weighted by molar-refractivity contribution is 0.0971. The number of rotatable bonds is 1. The molecule has 16 heavy (non-hydrogen) atoms. The Bertz CT molecular complexity index is 383. The van der Waals surface area contributed by atoms with Gasteiger partial charge in [0.2, 0.25) is 0 Å². The lowest BCUT2D eigenvalue weighted by Crippen LogP contribution is -2.42. The molecule has 0 spiro atoms. The highest BCUT2D eigenvalue weighted by Crippen LogP contribution is 2.30. The molecule has 2 unspecified atom stereocenters. The summed E-state index contributed by atoms with van der Waals surface area (Å²) in [5, 5.41) is 9.70. The van der Waals surface area contributed by atoms with Gasteiger partial charge in [0.25, 0.3) is 0 Å². The normalized spacial score (nSPS) is 25.8. The number of halogens is 1. The van der Waals surface area contributed by atoms with Crippen LogP contribution in [0.4, 0.5) is 11.4 Å². The molecule has 1 fully saturated rings. The molecule has 0 aromatic heterocycles. The number of nitrogens with zero attached hydrogens (tertiary/aromatic N) is 1. The van der Waals surface area contributed by atoms with Crippen molar-refractivity contribution in [1.29, 1.82) is 0 Å². The Morgan fingerprint density at radius 3 is 2.94 bits per heavy atom. The molecule has 1 heterocycles. The van der Waals surface area contributed by atoms with Gasteiger partial charge in [-0.3, -0.25) is 0 Å². The van der Waals surface area contributed by atoms with E-state index in [4.69, 9.17) is 5.73 Å². The molecule has 0 bridgehead atoms. The molecular formula is C12H17BrN2O. The van der Waals surface area contributed by atoms with Gasteiger partial charge in [0.15, 0.2) is 0 Å². The fourth-order valence-corrected chi connectivity index (χ4v) is 2.49. The van der Waals surface area contributed by atoms with Crippen molar-refractivity contribution in [2.75, 3.05) is 23.7 Å². The van der Waals surface area contributed by atoms with Crippen LogP contribution in [0, 0.1) is 5.92 Å². The van der Waals surface area contributed by atoms with E-state index in [1.807, 2.05) is 18.2 Å². The number of anilines is 2. The topological polar surface area (TPSA) is 49.5 Å². The van der Waals surface area contributed by atoms with E-state index in [2.05, 4.69) is 27.8 Å². The summed E-state index contributed by atoms with van der Waals surface area (Å²) in [5.74, 6) is 0.298. The molecule has 2 atom stereocenters. The Morgan fingerprint density at radius 2 is 2.25 bits per heavy atom. The zero-order valence-electron chi connectivity index (χ0n) is 9.36. The maximum Gasteiger partial charge on any atom is 0.0611 e. The third-order valence-corrected chi connectivity index (χ3v) is 3.69. The first-order valence-electron chi connectivity index (χ1n) is 5.56. The molecule has 1 aromatic carbocycles. The largest absolute Gasteiger partial charge is 0.397 e. The van der Waals surface area contributed by atoms with Crippen LogP contribution in [-0.4, -0.2) is 24.3 Å². The fraction of sp³-hybridized carbons (Fsp3) is 0.500. The third-order valence-electron chi connectivity index (χ3n) is 3.19. The number of hydrogen-bond acceptors (Lipinski definition) is 3. The van der Waals surface area contributed by atoms with E-state index in [1.165, 1.54) is 0 Å². The van der Waals surface area contributed by atoms with Gasteiger partial charge in [-0.25, -0.2) is 0 Å². The van der Waals surface area contributed by atoms with E-state index >= 15 is 0 Å². The number of benzene rings is 1. The SMILES string of the molecule is CC1CN(c2cc(Br)ccc2N)CCC1O. The average Bonchev–Trinajstić information content (AvgIpc) is 2.26. The summed E-state index contributed by atoms with van der Waals surface area (Å²) in [4.78, 5) is 2.25. The Balaban J connectivity index is 2.21.